The number of amides is 1. The van der Waals surface area contributed by atoms with Crippen LogP contribution < -0.4 is 9.64 Å². The highest BCUT2D eigenvalue weighted by Gasteiger charge is 2.38. The lowest BCUT2D eigenvalue weighted by atomic mass is 10.1. The largest absolute Gasteiger partial charge is 0.497 e. The molecule has 22 heavy (non-hydrogen) atoms. The molecule has 2 aromatic rings. The van der Waals surface area contributed by atoms with E-state index in [-0.39, 0.29) is 0 Å². The first-order valence-corrected chi connectivity index (χ1v) is 7.19. The lowest BCUT2D eigenvalue weighted by Gasteiger charge is -2.19. The van der Waals surface area contributed by atoms with E-state index in [1.165, 1.54) is 4.90 Å². The van der Waals surface area contributed by atoms with Crippen LogP contribution in [-0.2, 0) is 11.3 Å². The first-order valence-electron chi connectivity index (χ1n) is 6.81. The van der Waals surface area contributed by atoms with Gasteiger partial charge < -0.3 is 9.64 Å². The molecule has 0 aromatic heterocycles. The molecule has 3 rings (SSSR count). The number of carbonyl (C=O) groups is 2. The van der Waals surface area contributed by atoms with Gasteiger partial charge in [0.15, 0.2) is 0 Å². The lowest BCUT2D eigenvalue weighted by molar-refractivity contribution is -0.114. The fourth-order valence-electron chi connectivity index (χ4n) is 2.63. The summed E-state index contributed by atoms with van der Waals surface area (Å²) >= 11 is 6.09. The zero-order chi connectivity index (χ0) is 15.9. The Hall–Kier alpha value is -2.33. The van der Waals surface area contributed by atoms with Gasteiger partial charge in [0.05, 0.1) is 29.9 Å². The normalized spacial score (nSPS) is 13.5. The summed E-state index contributed by atoms with van der Waals surface area (Å²) in [4.78, 5) is 25.9. The van der Waals surface area contributed by atoms with E-state index in [2.05, 4.69) is 0 Å². The number of anilines is 1. The molecule has 0 radical (unpaired) electrons. The average molecular weight is 316 g/mol. The van der Waals surface area contributed by atoms with Crippen LogP contribution in [-0.4, -0.2) is 18.8 Å². The quantitative estimate of drug-likeness (QED) is 0.816. The number of ether oxygens (including phenoxy) is 1. The number of hydrogen-bond donors (Lipinski definition) is 0. The Labute approximate surface area is 133 Å². The van der Waals surface area contributed by atoms with Crippen molar-refractivity contribution in [2.45, 2.75) is 13.5 Å². The zero-order valence-corrected chi connectivity index (χ0v) is 13.0. The van der Waals surface area contributed by atoms with E-state index in [4.69, 9.17) is 16.3 Å². The molecule has 1 amide bonds. The molecule has 0 bridgehead atoms. The maximum Gasteiger partial charge on any atom is 0.299 e. The summed E-state index contributed by atoms with van der Waals surface area (Å²) in [6, 6.07) is 10.8. The van der Waals surface area contributed by atoms with E-state index >= 15 is 0 Å². The van der Waals surface area contributed by atoms with E-state index in [9.17, 15) is 9.59 Å². The summed E-state index contributed by atoms with van der Waals surface area (Å²) in [6.45, 7) is 2.19. The van der Waals surface area contributed by atoms with Crippen molar-refractivity contribution in [3.8, 4) is 5.75 Å². The number of carbonyl (C=O) groups excluding carboxylic acids is 2. The van der Waals surface area contributed by atoms with Gasteiger partial charge in [-0.3, -0.25) is 9.59 Å². The van der Waals surface area contributed by atoms with E-state index in [0.29, 0.717) is 22.8 Å². The molecule has 0 fully saturated rings. The molecule has 5 heteroatoms. The Bertz CT molecular complexity index is 768. The Balaban J connectivity index is 2.00. The van der Waals surface area contributed by atoms with Gasteiger partial charge in [0.25, 0.3) is 11.7 Å². The van der Waals surface area contributed by atoms with Gasteiger partial charge >= 0.3 is 0 Å². The standard InChI is InChI=1S/C17H14ClNO3/c1-10-3-8-13(18)14-15(10)19(17(21)16(14)20)9-11-4-6-12(22-2)7-5-11/h3-8H,9H2,1-2H3. The van der Waals surface area contributed by atoms with Crippen molar-refractivity contribution in [1.82, 2.24) is 0 Å². The minimum absolute atomic E-state index is 0.306. The third-order valence-corrected chi connectivity index (χ3v) is 4.08. The average Bonchev–Trinajstić information content (AvgIpc) is 2.78. The second-order valence-corrected chi connectivity index (χ2v) is 5.56. The summed E-state index contributed by atoms with van der Waals surface area (Å²) in [5.74, 6) is -0.341. The Morgan fingerprint density at radius 1 is 1.09 bits per heavy atom. The summed E-state index contributed by atoms with van der Waals surface area (Å²) in [6.07, 6.45) is 0. The molecule has 112 valence electrons. The van der Waals surface area contributed by atoms with Crippen molar-refractivity contribution in [1.29, 1.82) is 0 Å². The zero-order valence-electron chi connectivity index (χ0n) is 12.2. The maximum atomic E-state index is 12.3. The number of ketones is 1. The first kappa shape index (κ1) is 14.6. The van der Waals surface area contributed by atoms with Crippen molar-refractivity contribution in [3.63, 3.8) is 0 Å². The summed E-state index contributed by atoms with van der Waals surface area (Å²) in [7, 11) is 1.60. The monoisotopic (exact) mass is 315 g/mol. The van der Waals surface area contributed by atoms with Crippen LogP contribution in [0.2, 0.25) is 5.02 Å². The highest BCUT2D eigenvalue weighted by molar-refractivity contribution is 6.55. The van der Waals surface area contributed by atoms with Gasteiger partial charge in [-0.05, 0) is 36.2 Å². The Kier molecular flexibility index (Phi) is 3.62. The SMILES string of the molecule is COc1ccc(CN2C(=O)C(=O)c3c(Cl)ccc(C)c32)cc1. The molecule has 0 atom stereocenters. The smallest absolute Gasteiger partial charge is 0.299 e. The van der Waals surface area contributed by atoms with Gasteiger partial charge in [-0.15, -0.1) is 0 Å². The summed E-state index contributed by atoms with van der Waals surface area (Å²) in [5, 5.41) is 0.316. The molecule has 0 N–H and O–H groups in total. The summed E-state index contributed by atoms with van der Waals surface area (Å²) in [5.41, 5.74) is 2.68. The number of aryl methyl sites for hydroxylation is 1. The van der Waals surface area contributed by atoms with Gasteiger partial charge in [-0.25, -0.2) is 0 Å². The molecule has 0 aliphatic carbocycles. The minimum atomic E-state index is -0.544. The highest BCUT2D eigenvalue weighted by atomic mass is 35.5. The second-order valence-electron chi connectivity index (χ2n) is 5.16. The molecule has 2 aromatic carbocycles. The number of hydrogen-bond acceptors (Lipinski definition) is 3. The van der Waals surface area contributed by atoms with Crippen LogP contribution in [0.4, 0.5) is 5.69 Å². The molecule has 1 heterocycles. The van der Waals surface area contributed by atoms with Crippen LogP contribution in [0.3, 0.4) is 0 Å². The number of nitrogens with zero attached hydrogens (tertiary/aromatic N) is 1. The van der Waals surface area contributed by atoms with Crippen molar-refractivity contribution >= 4 is 29.0 Å². The highest BCUT2D eigenvalue weighted by Crippen LogP contribution is 2.37. The van der Waals surface area contributed by atoms with Gasteiger partial charge in [0.1, 0.15) is 5.75 Å². The molecule has 1 aliphatic rings. The number of halogens is 1. The molecule has 0 saturated heterocycles. The van der Waals surface area contributed by atoms with Gasteiger partial charge in [0.2, 0.25) is 0 Å². The number of benzene rings is 2. The van der Waals surface area contributed by atoms with Gasteiger partial charge in [0, 0.05) is 0 Å². The van der Waals surface area contributed by atoms with Gasteiger partial charge in [-0.2, -0.15) is 0 Å². The van der Waals surface area contributed by atoms with Crippen LogP contribution in [0.5, 0.6) is 5.75 Å². The number of methoxy groups -OCH3 is 1. The maximum absolute atomic E-state index is 12.3. The molecular weight excluding hydrogens is 302 g/mol. The van der Waals surface area contributed by atoms with Crippen molar-refractivity contribution in [3.05, 3.63) is 58.1 Å². The van der Waals surface area contributed by atoms with Crippen molar-refractivity contribution in [2.24, 2.45) is 0 Å². The van der Waals surface area contributed by atoms with Crippen LogP contribution >= 0.6 is 11.6 Å². The van der Waals surface area contributed by atoms with Gasteiger partial charge in [-0.1, -0.05) is 29.8 Å². The topological polar surface area (TPSA) is 46.6 Å². The predicted molar refractivity (Wildman–Crippen MR) is 84.7 cm³/mol. The molecule has 4 nitrogen and oxygen atoms in total. The lowest BCUT2D eigenvalue weighted by Crippen LogP contribution is -2.29. The Morgan fingerprint density at radius 3 is 2.41 bits per heavy atom. The first-order chi connectivity index (χ1) is 10.5. The number of rotatable bonds is 3. The fraction of sp³-hybridized carbons (Fsp3) is 0.176. The molecular formula is C17H14ClNO3. The predicted octanol–water partition coefficient (Wildman–Crippen LogP) is 3.39. The molecule has 0 spiro atoms. The molecule has 1 aliphatic heterocycles. The summed E-state index contributed by atoms with van der Waals surface area (Å²) < 4.78 is 5.12. The van der Waals surface area contributed by atoms with E-state index in [1.54, 1.807) is 13.2 Å². The number of Topliss-reactive ketones (excluding diaryl/α,β-unsaturated/α-hetero) is 1. The van der Waals surface area contributed by atoms with E-state index < -0.39 is 11.7 Å². The van der Waals surface area contributed by atoms with Crippen LogP contribution in [0.1, 0.15) is 21.5 Å². The van der Waals surface area contributed by atoms with Crippen LogP contribution in [0.25, 0.3) is 0 Å². The van der Waals surface area contributed by atoms with Crippen LogP contribution in [0.15, 0.2) is 36.4 Å². The molecule has 0 saturated carbocycles. The van der Waals surface area contributed by atoms with E-state index in [0.717, 1.165) is 16.9 Å². The van der Waals surface area contributed by atoms with Crippen LogP contribution in [0, 0.1) is 6.92 Å². The van der Waals surface area contributed by atoms with Crippen molar-refractivity contribution in [2.75, 3.05) is 12.0 Å². The third-order valence-electron chi connectivity index (χ3n) is 3.76. The minimum Gasteiger partial charge on any atom is -0.497 e. The molecule has 0 unspecified atom stereocenters. The Morgan fingerprint density at radius 2 is 1.77 bits per heavy atom. The third kappa shape index (κ3) is 2.25. The fourth-order valence-corrected chi connectivity index (χ4v) is 2.87. The van der Waals surface area contributed by atoms with Crippen molar-refractivity contribution < 1.29 is 14.3 Å². The number of fused-ring (bicyclic) bond motifs is 1. The second kappa shape index (κ2) is 5.46. The van der Waals surface area contributed by atoms with E-state index in [1.807, 2.05) is 37.3 Å².